The minimum Gasteiger partial charge on any atom is -0.368 e. The van der Waals surface area contributed by atoms with Crippen molar-refractivity contribution in [1.82, 2.24) is 5.32 Å². The summed E-state index contributed by atoms with van der Waals surface area (Å²) >= 11 is 6.29. The molecule has 5 nitrogen and oxygen atoms in total. The molecule has 0 bridgehead atoms. The largest absolute Gasteiger partial charge is 0.368 e. The Balaban J connectivity index is 1.57. The van der Waals surface area contributed by atoms with E-state index in [2.05, 4.69) is 10.2 Å². The lowest BCUT2D eigenvalue weighted by molar-refractivity contribution is -0.132. The monoisotopic (exact) mass is 337 g/mol. The van der Waals surface area contributed by atoms with Gasteiger partial charge in [-0.05, 0) is 37.8 Å². The Bertz CT molecular complexity index is 554. The minimum atomic E-state index is -0.348. The summed E-state index contributed by atoms with van der Waals surface area (Å²) in [6, 6.07) is 7.98. The number of carbonyl (C=O) groups is 1. The van der Waals surface area contributed by atoms with Gasteiger partial charge in [-0.3, -0.25) is 4.79 Å². The average Bonchev–Trinajstić information content (AvgIpc) is 3.05. The van der Waals surface area contributed by atoms with Gasteiger partial charge in [0.1, 0.15) is 6.10 Å². The second-order valence-corrected chi connectivity index (χ2v) is 6.71. The fraction of sp³-hybridized carbons (Fsp3) is 0.588. The van der Waals surface area contributed by atoms with Crippen molar-refractivity contribution in [1.29, 1.82) is 0 Å². The van der Waals surface area contributed by atoms with Gasteiger partial charge in [0.15, 0.2) is 0 Å². The molecule has 0 saturated carbocycles. The Hall–Kier alpha value is -1.30. The van der Waals surface area contributed by atoms with E-state index < -0.39 is 0 Å². The number of para-hydroxylation sites is 1. The quantitative estimate of drug-likeness (QED) is 0.881. The molecule has 2 saturated heterocycles. The topological polar surface area (TPSA) is 67.6 Å². The van der Waals surface area contributed by atoms with Gasteiger partial charge in [0.2, 0.25) is 5.91 Å². The summed E-state index contributed by atoms with van der Waals surface area (Å²) in [5, 5.41) is 3.89. The molecular formula is C17H24ClN3O2. The van der Waals surface area contributed by atoms with Crippen LogP contribution in [0, 0.1) is 0 Å². The summed E-state index contributed by atoms with van der Waals surface area (Å²) in [5.74, 6) is -0.00745. The van der Waals surface area contributed by atoms with E-state index in [4.69, 9.17) is 22.1 Å². The number of nitrogens with zero attached hydrogens (tertiary/aromatic N) is 1. The summed E-state index contributed by atoms with van der Waals surface area (Å²) in [7, 11) is 0. The number of benzene rings is 1. The summed E-state index contributed by atoms with van der Waals surface area (Å²) < 4.78 is 5.67. The van der Waals surface area contributed by atoms with Crippen molar-refractivity contribution < 1.29 is 9.53 Å². The molecule has 0 spiro atoms. The van der Waals surface area contributed by atoms with E-state index >= 15 is 0 Å². The van der Waals surface area contributed by atoms with Crippen LogP contribution in [0.3, 0.4) is 0 Å². The van der Waals surface area contributed by atoms with E-state index in [1.54, 1.807) is 0 Å². The normalized spacial score (nSPS) is 27.9. The van der Waals surface area contributed by atoms with Crippen molar-refractivity contribution >= 4 is 23.2 Å². The number of nitrogens with one attached hydrogen (secondary N) is 1. The van der Waals surface area contributed by atoms with Crippen LogP contribution in [0.15, 0.2) is 24.3 Å². The van der Waals surface area contributed by atoms with Crippen LogP contribution >= 0.6 is 11.6 Å². The predicted molar refractivity (Wildman–Crippen MR) is 91.8 cm³/mol. The van der Waals surface area contributed by atoms with Crippen LogP contribution in [-0.2, 0) is 9.53 Å². The molecule has 2 heterocycles. The third kappa shape index (κ3) is 3.97. The number of amides is 1. The first-order chi connectivity index (χ1) is 11.2. The molecular weight excluding hydrogens is 314 g/mol. The number of hydrogen-bond acceptors (Lipinski definition) is 4. The number of carbonyl (C=O) groups excluding carboxylic acids is 1. The van der Waals surface area contributed by atoms with Crippen molar-refractivity contribution in [3.8, 4) is 0 Å². The molecule has 1 amide bonds. The van der Waals surface area contributed by atoms with Crippen molar-refractivity contribution in [2.45, 2.75) is 43.9 Å². The van der Waals surface area contributed by atoms with E-state index in [9.17, 15) is 4.79 Å². The number of halogens is 1. The van der Waals surface area contributed by atoms with Crippen LogP contribution in [0.25, 0.3) is 0 Å². The van der Waals surface area contributed by atoms with Gasteiger partial charge in [-0.15, -0.1) is 0 Å². The zero-order valence-electron chi connectivity index (χ0n) is 13.2. The van der Waals surface area contributed by atoms with Crippen LogP contribution in [0.2, 0.25) is 5.02 Å². The van der Waals surface area contributed by atoms with Gasteiger partial charge in [0, 0.05) is 25.7 Å². The van der Waals surface area contributed by atoms with Gasteiger partial charge in [-0.25, -0.2) is 0 Å². The summed E-state index contributed by atoms with van der Waals surface area (Å²) in [5.41, 5.74) is 6.64. The Labute approximate surface area is 142 Å². The maximum Gasteiger partial charge on any atom is 0.249 e. The number of hydrogen-bond donors (Lipinski definition) is 2. The van der Waals surface area contributed by atoms with Gasteiger partial charge in [0.05, 0.1) is 16.8 Å². The first-order valence-electron chi connectivity index (χ1n) is 8.32. The smallest absolute Gasteiger partial charge is 0.249 e. The molecule has 3 rings (SSSR count). The third-order valence-electron chi connectivity index (χ3n) is 4.62. The van der Waals surface area contributed by atoms with Gasteiger partial charge in [0.25, 0.3) is 0 Å². The first kappa shape index (κ1) is 16.6. The van der Waals surface area contributed by atoms with Crippen LogP contribution in [0.5, 0.6) is 0 Å². The number of anilines is 1. The lowest BCUT2D eigenvalue weighted by Gasteiger charge is -2.35. The molecule has 6 heteroatoms. The molecule has 3 atom stereocenters. The van der Waals surface area contributed by atoms with E-state index in [1.807, 2.05) is 24.3 Å². The first-order valence-corrected chi connectivity index (χ1v) is 8.70. The molecule has 1 aromatic rings. The van der Waals surface area contributed by atoms with E-state index in [1.165, 1.54) is 0 Å². The predicted octanol–water partition coefficient (Wildman–Crippen LogP) is 1.93. The molecule has 0 radical (unpaired) electrons. The van der Waals surface area contributed by atoms with Crippen LogP contribution in [0.1, 0.15) is 25.7 Å². The number of rotatable bonds is 4. The zero-order chi connectivity index (χ0) is 16.2. The standard InChI is InChI=1S/C17H24ClN3O2/c18-14-5-1-2-6-15(14)21-9-3-4-12(11-21)20-17(22)16-8-7-13(10-19)23-16/h1-2,5-6,12-13,16H,3-4,7-11,19H2,(H,20,22)/t12?,13-,16+/m1/s1. The maximum atomic E-state index is 12.4. The Morgan fingerprint density at radius 3 is 2.91 bits per heavy atom. The second-order valence-electron chi connectivity index (χ2n) is 6.30. The Kier molecular flexibility index (Phi) is 5.41. The molecule has 0 aromatic heterocycles. The summed E-state index contributed by atoms with van der Waals surface area (Å²) in [4.78, 5) is 14.6. The lowest BCUT2D eigenvalue weighted by atomic mass is 10.0. The minimum absolute atomic E-state index is 0.00745. The zero-order valence-corrected chi connectivity index (χ0v) is 14.0. The molecule has 1 aromatic carbocycles. The fourth-order valence-electron chi connectivity index (χ4n) is 3.39. The highest BCUT2D eigenvalue weighted by atomic mass is 35.5. The Morgan fingerprint density at radius 1 is 1.35 bits per heavy atom. The highest BCUT2D eigenvalue weighted by molar-refractivity contribution is 6.33. The lowest BCUT2D eigenvalue weighted by Crippen LogP contribution is -2.50. The molecule has 2 fully saturated rings. The maximum absolute atomic E-state index is 12.4. The number of ether oxygens (including phenoxy) is 1. The molecule has 23 heavy (non-hydrogen) atoms. The van der Waals surface area contributed by atoms with Crippen molar-refractivity contribution in [2.75, 3.05) is 24.5 Å². The van der Waals surface area contributed by atoms with Crippen LogP contribution in [0.4, 0.5) is 5.69 Å². The van der Waals surface area contributed by atoms with Gasteiger partial charge < -0.3 is 20.7 Å². The second kappa shape index (κ2) is 7.51. The van der Waals surface area contributed by atoms with Crippen molar-refractivity contribution in [3.05, 3.63) is 29.3 Å². The van der Waals surface area contributed by atoms with Crippen LogP contribution < -0.4 is 16.0 Å². The van der Waals surface area contributed by atoms with Crippen molar-refractivity contribution in [2.24, 2.45) is 5.73 Å². The van der Waals surface area contributed by atoms with Crippen molar-refractivity contribution in [3.63, 3.8) is 0 Å². The van der Waals surface area contributed by atoms with E-state index in [0.29, 0.717) is 6.54 Å². The molecule has 1 unspecified atom stereocenters. The SMILES string of the molecule is NC[C@H]1CC[C@@H](C(=O)NC2CCCN(c3ccccc3Cl)C2)O1. The molecule has 0 aliphatic carbocycles. The van der Waals surface area contributed by atoms with Crippen LogP contribution in [-0.4, -0.2) is 43.8 Å². The number of nitrogens with two attached hydrogens (primary N) is 1. The highest BCUT2D eigenvalue weighted by Gasteiger charge is 2.32. The van der Waals surface area contributed by atoms with E-state index in [0.717, 1.165) is 49.5 Å². The molecule has 3 N–H and O–H groups in total. The Morgan fingerprint density at radius 2 is 2.17 bits per heavy atom. The average molecular weight is 338 g/mol. The third-order valence-corrected chi connectivity index (χ3v) is 4.94. The fourth-order valence-corrected chi connectivity index (χ4v) is 3.64. The van der Waals surface area contributed by atoms with E-state index in [-0.39, 0.29) is 24.2 Å². The van der Waals surface area contributed by atoms with Gasteiger partial charge in [-0.2, -0.15) is 0 Å². The summed E-state index contributed by atoms with van der Waals surface area (Å²) in [6.45, 7) is 2.22. The van der Waals surface area contributed by atoms with Gasteiger partial charge in [-0.1, -0.05) is 23.7 Å². The molecule has 2 aliphatic rings. The summed E-state index contributed by atoms with van der Waals surface area (Å²) in [6.07, 6.45) is 3.32. The highest BCUT2D eigenvalue weighted by Crippen LogP contribution is 2.28. The molecule has 2 aliphatic heterocycles. The van der Waals surface area contributed by atoms with Gasteiger partial charge >= 0.3 is 0 Å². The molecule has 126 valence electrons. The number of piperidine rings is 1.